The molecule has 1 atom stereocenters. The highest BCUT2D eigenvalue weighted by Crippen LogP contribution is 2.19. The lowest BCUT2D eigenvalue weighted by Crippen LogP contribution is -2.18. The molecule has 0 aromatic carbocycles. The van der Waals surface area contributed by atoms with Crippen LogP contribution in [0.1, 0.15) is 206 Å². The van der Waals surface area contributed by atoms with Crippen molar-refractivity contribution in [3.63, 3.8) is 0 Å². The Morgan fingerprint density at radius 1 is 0.469 bits per heavy atom. The molecule has 49 heavy (non-hydrogen) atoms. The molecule has 0 radical (unpaired) electrons. The van der Waals surface area contributed by atoms with Gasteiger partial charge in [0.2, 0.25) is 0 Å². The zero-order valence-electron chi connectivity index (χ0n) is 32.2. The highest BCUT2D eigenvalue weighted by Gasteiger charge is 2.14. The number of hydrogen-bond acceptors (Lipinski definition) is 3. The second-order valence-electron chi connectivity index (χ2n) is 13.8. The first-order valence-electron chi connectivity index (χ1n) is 20.8. The van der Waals surface area contributed by atoms with Gasteiger partial charge in [-0.25, -0.2) is 0 Å². The number of unbranched alkanes of at least 4 members (excludes halogenated alkanes) is 18. The van der Waals surface area contributed by atoms with Crippen molar-refractivity contribution >= 4 is 11.9 Å². The minimum atomic E-state index is -0.707. The maximum atomic E-state index is 12.7. The van der Waals surface area contributed by atoms with Gasteiger partial charge in [0.25, 0.3) is 0 Å². The second kappa shape index (κ2) is 40.1. The first kappa shape index (κ1) is 46.6. The van der Waals surface area contributed by atoms with Crippen molar-refractivity contribution in [1.29, 1.82) is 0 Å². The van der Waals surface area contributed by atoms with Crippen LogP contribution in [-0.2, 0) is 14.3 Å². The van der Waals surface area contributed by atoms with E-state index in [1.54, 1.807) is 0 Å². The van der Waals surface area contributed by atoms with Crippen molar-refractivity contribution in [3.8, 4) is 0 Å². The van der Waals surface area contributed by atoms with Crippen LogP contribution in [0.4, 0.5) is 0 Å². The summed E-state index contributed by atoms with van der Waals surface area (Å²) in [6, 6.07) is 0. The van der Waals surface area contributed by atoms with Crippen molar-refractivity contribution in [1.82, 2.24) is 0 Å². The van der Waals surface area contributed by atoms with E-state index in [0.717, 1.165) is 96.3 Å². The summed E-state index contributed by atoms with van der Waals surface area (Å²) >= 11 is 0. The summed E-state index contributed by atoms with van der Waals surface area (Å²) in [5.74, 6) is -0.759. The van der Waals surface area contributed by atoms with Crippen LogP contribution in [0.25, 0.3) is 0 Å². The third kappa shape index (κ3) is 40.0. The summed E-state index contributed by atoms with van der Waals surface area (Å²) in [4.78, 5) is 23.4. The maximum Gasteiger partial charge on any atom is 0.306 e. The molecule has 0 aliphatic carbocycles. The number of esters is 1. The molecule has 0 spiro atoms. The monoisotopic (exact) mass is 683 g/mol. The summed E-state index contributed by atoms with van der Waals surface area (Å²) < 4.78 is 5.99. The number of allylic oxidation sites excluding steroid dienone is 10. The molecule has 1 N–H and O–H groups in total. The quantitative estimate of drug-likeness (QED) is 0.0402. The van der Waals surface area contributed by atoms with Gasteiger partial charge in [0.15, 0.2) is 0 Å². The highest BCUT2D eigenvalue weighted by molar-refractivity contribution is 5.69. The Morgan fingerprint density at radius 3 is 1.29 bits per heavy atom. The molecule has 0 aliphatic rings. The van der Waals surface area contributed by atoms with E-state index in [1.807, 2.05) is 0 Å². The number of aliphatic carboxylic acids is 1. The van der Waals surface area contributed by atoms with E-state index in [-0.39, 0.29) is 18.5 Å². The van der Waals surface area contributed by atoms with E-state index >= 15 is 0 Å². The number of hydrogen-bond donors (Lipinski definition) is 1. The molecule has 0 aliphatic heterocycles. The van der Waals surface area contributed by atoms with E-state index in [2.05, 4.69) is 74.6 Å². The number of carbonyl (C=O) groups excluding carboxylic acids is 1. The summed E-state index contributed by atoms with van der Waals surface area (Å²) in [6.07, 6.45) is 55.3. The Morgan fingerprint density at radius 2 is 0.857 bits per heavy atom. The predicted octanol–water partition coefficient (Wildman–Crippen LogP) is 14.5. The first-order chi connectivity index (χ1) is 24.1. The molecule has 0 saturated heterocycles. The molecule has 0 heterocycles. The smallest absolute Gasteiger partial charge is 0.306 e. The van der Waals surface area contributed by atoms with E-state index in [1.165, 1.54) is 83.5 Å². The number of rotatable bonds is 37. The van der Waals surface area contributed by atoms with Crippen LogP contribution in [0.3, 0.4) is 0 Å². The number of carboxylic acid groups (broad SMARTS) is 1. The maximum absolute atomic E-state index is 12.7. The Labute approximate surface area is 304 Å². The zero-order chi connectivity index (χ0) is 35.7. The molecule has 0 saturated carbocycles. The molecule has 0 amide bonds. The average Bonchev–Trinajstić information content (AvgIpc) is 3.09. The molecule has 4 heteroatoms. The third-order valence-electron chi connectivity index (χ3n) is 9.00. The molecule has 0 aromatic rings. The van der Waals surface area contributed by atoms with Crippen LogP contribution in [0.5, 0.6) is 0 Å². The van der Waals surface area contributed by atoms with Crippen molar-refractivity contribution in [2.24, 2.45) is 0 Å². The van der Waals surface area contributed by atoms with Crippen molar-refractivity contribution < 1.29 is 19.4 Å². The molecule has 1 unspecified atom stereocenters. The Hall–Kier alpha value is -2.36. The van der Waals surface area contributed by atoms with Crippen molar-refractivity contribution in [3.05, 3.63) is 60.8 Å². The lowest BCUT2D eigenvalue weighted by atomic mass is 10.0. The molecule has 0 aromatic heterocycles. The van der Waals surface area contributed by atoms with Gasteiger partial charge < -0.3 is 9.84 Å². The van der Waals surface area contributed by atoms with E-state index in [0.29, 0.717) is 6.42 Å². The summed E-state index contributed by atoms with van der Waals surface area (Å²) in [6.45, 7) is 4.44. The van der Waals surface area contributed by atoms with Gasteiger partial charge >= 0.3 is 11.9 Å². The van der Waals surface area contributed by atoms with Crippen LogP contribution in [0, 0.1) is 0 Å². The summed E-state index contributed by atoms with van der Waals surface area (Å²) in [5, 5.41) is 8.83. The molecular formula is C45H78O4. The first-order valence-corrected chi connectivity index (χ1v) is 20.8. The van der Waals surface area contributed by atoms with Crippen molar-refractivity contribution in [2.45, 2.75) is 213 Å². The van der Waals surface area contributed by atoms with Gasteiger partial charge in [-0.05, 0) is 77.0 Å². The van der Waals surface area contributed by atoms with Crippen LogP contribution in [0.15, 0.2) is 60.8 Å². The normalized spacial score (nSPS) is 12.9. The molecule has 282 valence electrons. The fourth-order valence-electron chi connectivity index (χ4n) is 5.98. The molecular weight excluding hydrogens is 604 g/mol. The summed E-state index contributed by atoms with van der Waals surface area (Å²) in [7, 11) is 0. The molecule has 0 fully saturated rings. The van der Waals surface area contributed by atoms with Crippen LogP contribution in [0.2, 0.25) is 0 Å². The standard InChI is InChI=1S/C45H78O4/c1-3-5-7-9-11-13-15-17-19-20-21-23-25-27-29-34-38-42-45(48)49-43(40-36-32-30-33-37-41-44(46)47)39-35-31-28-26-24-22-18-16-14-12-10-8-6-4-2/h5,7,11,13,17,19,21,23,27,29,43H,3-4,6,8-10,12,14-16,18,20,22,24-26,28,30-42H2,1-2H3,(H,46,47)/b7-5-,13-11-,19-17-,23-21-,29-27-. The van der Waals surface area contributed by atoms with Gasteiger partial charge in [-0.3, -0.25) is 9.59 Å². The van der Waals surface area contributed by atoms with Gasteiger partial charge in [-0.15, -0.1) is 0 Å². The van der Waals surface area contributed by atoms with Crippen LogP contribution in [-0.4, -0.2) is 23.1 Å². The molecule has 4 nitrogen and oxygen atoms in total. The van der Waals surface area contributed by atoms with Gasteiger partial charge in [0, 0.05) is 12.8 Å². The Bertz CT molecular complexity index is 865. The Balaban J connectivity index is 4.15. The van der Waals surface area contributed by atoms with Crippen molar-refractivity contribution in [2.75, 3.05) is 0 Å². The molecule has 0 rings (SSSR count). The van der Waals surface area contributed by atoms with E-state index < -0.39 is 5.97 Å². The Kier molecular flexibility index (Phi) is 38.1. The predicted molar refractivity (Wildman–Crippen MR) is 213 cm³/mol. The minimum absolute atomic E-state index is 0.0255. The van der Waals surface area contributed by atoms with Crippen LogP contribution < -0.4 is 0 Å². The average molecular weight is 683 g/mol. The zero-order valence-corrected chi connectivity index (χ0v) is 32.2. The van der Waals surface area contributed by atoms with E-state index in [4.69, 9.17) is 9.84 Å². The number of carboxylic acids is 1. The SMILES string of the molecule is CC/C=C\C/C=C\C/C=C\C/C=C\C/C=C\CCCC(=O)OC(CCCCCCCCCCCCCCCC)CCCCCCCC(=O)O. The minimum Gasteiger partial charge on any atom is -0.481 e. The second-order valence-corrected chi connectivity index (χ2v) is 13.8. The topological polar surface area (TPSA) is 63.6 Å². The van der Waals surface area contributed by atoms with Gasteiger partial charge in [-0.2, -0.15) is 0 Å². The van der Waals surface area contributed by atoms with Gasteiger partial charge in [0.1, 0.15) is 6.10 Å². The van der Waals surface area contributed by atoms with Gasteiger partial charge in [0.05, 0.1) is 0 Å². The van der Waals surface area contributed by atoms with Gasteiger partial charge in [-0.1, -0.05) is 177 Å². The third-order valence-corrected chi connectivity index (χ3v) is 9.00. The largest absolute Gasteiger partial charge is 0.481 e. The lowest BCUT2D eigenvalue weighted by Gasteiger charge is -2.18. The fraction of sp³-hybridized carbons (Fsp3) is 0.733. The fourth-order valence-corrected chi connectivity index (χ4v) is 5.98. The lowest BCUT2D eigenvalue weighted by molar-refractivity contribution is -0.150. The highest BCUT2D eigenvalue weighted by atomic mass is 16.5. The number of carbonyl (C=O) groups is 2. The van der Waals surface area contributed by atoms with E-state index in [9.17, 15) is 9.59 Å². The number of ether oxygens (including phenoxy) is 1. The summed E-state index contributed by atoms with van der Waals surface area (Å²) in [5.41, 5.74) is 0. The molecule has 0 bridgehead atoms. The van der Waals surface area contributed by atoms with Crippen LogP contribution >= 0.6 is 0 Å².